The van der Waals surface area contributed by atoms with Crippen LogP contribution in [-0.2, 0) is 30.6 Å². The number of nitrogens with two attached hydrogens (primary N) is 1. The summed E-state index contributed by atoms with van der Waals surface area (Å²) in [5, 5.41) is 3.84. The number of hydrogen-bond donors (Lipinski definition) is 2. The third-order valence-electron chi connectivity index (χ3n) is 3.24. The van der Waals surface area contributed by atoms with Gasteiger partial charge in [-0.25, -0.2) is 4.79 Å². The summed E-state index contributed by atoms with van der Waals surface area (Å²) in [7, 11) is 0. The Morgan fingerprint density at radius 3 is 2.70 bits per heavy atom. The predicted octanol–water partition coefficient (Wildman–Crippen LogP) is -0.663. The van der Waals surface area contributed by atoms with Crippen molar-refractivity contribution in [2.75, 3.05) is 19.6 Å². The maximum Gasteiger partial charge on any atom is 0.345 e. The van der Waals surface area contributed by atoms with Crippen molar-refractivity contribution in [3.8, 4) is 0 Å². The van der Waals surface area contributed by atoms with Crippen LogP contribution in [0.25, 0.3) is 0 Å². The smallest absolute Gasteiger partial charge is 0.345 e. The average Bonchev–Trinajstić information content (AvgIpc) is 2.57. The monoisotopic (exact) mass is 321 g/mol. The van der Waals surface area contributed by atoms with Gasteiger partial charge in [-0.15, -0.1) is 0 Å². The van der Waals surface area contributed by atoms with Crippen molar-refractivity contribution in [3.63, 3.8) is 0 Å². The van der Waals surface area contributed by atoms with E-state index >= 15 is 0 Å². The number of carbonyl (C=O) groups is 3. The fourth-order valence-corrected chi connectivity index (χ4v) is 2.09. The van der Waals surface area contributed by atoms with E-state index in [2.05, 4.69) is 5.32 Å². The molecule has 0 saturated carbocycles. The first-order valence-electron chi connectivity index (χ1n) is 7.25. The van der Waals surface area contributed by atoms with E-state index in [4.69, 9.17) is 15.3 Å². The molecule has 1 amide bonds. The number of rotatable bonds is 6. The Bertz CT molecular complexity index is 563. The lowest BCUT2D eigenvalue weighted by atomic mass is 10.1. The van der Waals surface area contributed by atoms with Gasteiger partial charge in [0, 0.05) is 6.54 Å². The summed E-state index contributed by atoms with van der Waals surface area (Å²) in [6.07, 6.45) is -0.137. The molecule has 1 fully saturated rings. The summed E-state index contributed by atoms with van der Waals surface area (Å²) < 4.78 is 5.14. The second kappa shape index (κ2) is 8.25. The Labute approximate surface area is 133 Å². The quantitative estimate of drug-likeness (QED) is 0.669. The molecule has 0 aliphatic carbocycles. The van der Waals surface area contributed by atoms with Crippen molar-refractivity contribution in [3.05, 3.63) is 35.9 Å². The number of ether oxygens (including phenoxy) is 1. The average molecular weight is 321 g/mol. The molecule has 0 bridgehead atoms. The molecule has 8 nitrogen and oxygen atoms in total. The molecule has 1 aromatic rings. The van der Waals surface area contributed by atoms with Crippen LogP contribution in [0.2, 0.25) is 0 Å². The summed E-state index contributed by atoms with van der Waals surface area (Å²) in [6, 6.07) is 8.46. The largest absolute Gasteiger partial charge is 0.461 e. The molecular weight excluding hydrogens is 302 g/mol. The normalized spacial score (nSPS) is 17.7. The van der Waals surface area contributed by atoms with Gasteiger partial charge >= 0.3 is 11.9 Å². The minimum absolute atomic E-state index is 0.137. The Balaban J connectivity index is 1.82. The Kier molecular flexibility index (Phi) is 6.07. The first-order valence-corrected chi connectivity index (χ1v) is 7.25. The highest BCUT2D eigenvalue weighted by Crippen LogP contribution is 2.08. The number of amides is 1. The van der Waals surface area contributed by atoms with E-state index in [0.717, 1.165) is 10.6 Å². The number of nitrogens with one attached hydrogen (secondary N) is 1. The Hall–Kier alpha value is -2.45. The zero-order valence-corrected chi connectivity index (χ0v) is 12.6. The van der Waals surface area contributed by atoms with Crippen LogP contribution < -0.4 is 11.1 Å². The van der Waals surface area contributed by atoms with Gasteiger partial charge in [-0.1, -0.05) is 30.3 Å². The van der Waals surface area contributed by atoms with Crippen LogP contribution in [-0.4, -0.2) is 48.6 Å². The van der Waals surface area contributed by atoms with Gasteiger partial charge in [0.05, 0.1) is 19.5 Å². The maximum absolute atomic E-state index is 12.1. The van der Waals surface area contributed by atoms with E-state index < -0.39 is 23.9 Å². The molecule has 1 saturated heterocycles. The highest BCUT2D eigenvalue weighted by molar-refractivity contribution is 5.87. The molecule has 1 aliphatic heterocycles. The maximum atomic E-state index is 12.1. The Morgan fingerprint density at radius 2 is 2.00 bits per heavy atom. The Morgan fingerprint density at radius 1 is 1.26 bits per heavy atom. The lowest BCUT2D eigenvalue weighted by molar-refractivity contribution is -0.201. The number of hydrogen-bond acceptors (Lipinski definition) is 7. The molecule has 1 heterocycles. The SMILES string of the molecule is NCC(=O)ON1CCN[C@@H](CC(=O)OCc2ccccc2)C1=O. The number of benzene rings is 1. The van der Waals surface area contributed by atoms with E-state index in [1.165, 1.54) is 0 Å². The molecule has 0 radical (unpaired) electrons. The van der Waals surface area contributed by atoms with E-state index in [0.29, 0.717) is 6.54 Å². The minimum atomic E-state index is -0.780. The van der Waals surface area contributed by atoms with Crippen LogP contribution in [0.15, 0.2) is 30.3 Å². The zero-order valence-electron chi connectivity index (χ0n) is 12.6. The highest BCUT2D eigenvalue weighted by Gasteiger charge is 2.32. The molecule has 1 aliphatic rings. The number of piperazine rings is 1. The predicted molar refractivity (Wildman–Crippen MR) is 79.5 cm³/mol. The second-order valence-electron chi connectivity index (χ2n) is 4.96. The van der Waals surface area contributed by atoms with Crippen LogP contribution in [0.4, 0.5) is 0 Å². The van der Waals surface area contributed by atoms with Crippen LogP contribution in [0.1, 0.15) is 12.0 Å². The van der Waals surface area contributed by atoms with Gasteiger partial charge in [0.15, 0.2) is 0 Å². The third kappa shape index (κ3) is 5.04. The molecule has 0 unspecified atom stereocenters. The molecule has 0 spiro atoms. The van der Waals surface area contributed by atoms with Crippen molar-refractivity contribution in [2.24, 2.45) is 5.73 Å². The van der Waals surface area contributed by atoms with Gasteiger partial charge in [-0.05, 0) is 5.56 Å². The molecule has 3 N–H and O–H groups in total. The third-order valence-corrected chi connectivity index (χ3v) is 3.24. The summed E-state index contributed by atoms with van der Waals surface area (Å²) >= 11 is 0. The molecule has 23 heavy (non-hydrogen) atoms. The van der Waals surface area contributed by atoms with E-state index in [-0.39, 0.29) is 26.1 Å². The minimum Gasteiger partial charge on any atom is -0.461 e. The van der Waals surface area contributed by atoms with Crippen molar-refractivity contribution in [1.29, 1.82) is 0 Å². The van der Waals surface area contributed by atoms with Crippen molar-refractivity contribution < 1.29 is 24.0 Å². The zero-order chi connectivity index (χ0) is 16.7. The summed E-state index contributed by atoms with van der Waals surface area (Å²) in [6.45, 7) is 0.438. The van der Waals surface area contributed by atoms with Gasteiger partial charge in [-0.3, -0.25) is 9.59 Å². The first kappa shape index (κ1) is 16.9. The van der Waals surface area contributed by atoms with Gasteiger partial charge in [-0.2, -0.15) is 5.06 Å². The van der Waals surface area contributed by atoms with Gasteiger partial charge in [0.2, 0.25) is 0 Å². The van der Waals surface area contributed by atoms with E-state index in [1.54, 1.807) is 0 Å². The standard InChI is InChI=1S/C15H19N3O5/c16-9-14(20)23-18-7-6-17-12(15(18)21)8-13(19)22-10-11-4-2-1-3-5-11/h1-5,12,17H,6-10,16H2/t12-/m0/s1. The molecule has 124 valence electrons. The second-order valence-corrected chi connectivity index (χ2v) is 4.96. The van der Waals surface area contributed by atoms with Crippen LogP contribution in [0, 0.1) is 0 Å². The summed E-state index contributed by atoms with van der Waals surface area (Å²) in [5.74, 6) is -1.70. The summed E-state index contributed by atoms with van der Waals surface area (Å²) in [5.41, 5.74) is 6.01. The first-order chi connectivity index (χ1) is 11.1. The van der Waals surface area contributed by atoms with Crippen molar-refractivity contribution in [2.45, 2.75) is 19.1 Å². The van der Waals surface area contributed by atoms with Crippen molar-refractivity contribution in [1.82, 2.24) is 10.4 Å². The van der Waals surface area contributed by atoms with Gasteiger partial charge in [0.1, 0.15) is 12.6 Å². The number of nitrogens with zero attached hydrogens (tertiary/aromatic N) is 1. The number of esters is 1. The fourth-order valence-electron chi connectivity index (χ4n) is 2.09. The molecule has 1 atom stereocenters. The molecule has 1 aromatic carbocycles. The fraction of sp³-hybridized carbons (Fsp3) is 0.400. The highest BCUT2D eigenvalue weighted by atomic mass is 16.7. The lowest BCUT2D eigenvalue weighted by Gasteiger charge is -2.30. The van der Waals surface area contributed by atoms with Gasteiger partial charge < -0.3 is 20.6 Å². The van der Waals surface area contributed by atoms with Crippen LogP contribution >= 0.6 is 0 Å². The van der Waals surface area contributed by atoms with Crippen molar-refractivity contribution >= 4 is 17.8 Å². The molecule has 8 heteroatoms. The topological polar surface area (TPSA) is 111 Å². The van der Waals surface area contributed by atoms with Gasteiger partial charge in [0.25, 0.3) is 5.91 Å². The number of hydroxylamine groups is 2. The van der Waals surface area contributed by atoms with E-state index in [9.17, 15) is 14.4 Å². The van der Waals surface area contributed by atoms with E-state index in [1.807, 2.05) is 30.3 Å². The molecule has 0 aromatic heterocycles. The lowest BCUT2D eigenvalue weighted by Crippen LogP contribution is -2.56. The summed E-state index contributed by atoms with van der Waals surface area (Å²) in [4.78, 5) is 40.0. The number of carbonyl (C=O) groups excluding carboxylic acids is 3. The molecule has 2 rings (SSSR count). The van der Waals surface area contributed by atoms with Crippen LogP contribution in [0.5, 0.6) is 0 Å². The van der Waals surface area contributed by atoms with Crippen LogP contribution in [0.3, 0.4) is 0 Å². The molecular formula is C15H19N3O5.